The second-order valence-electron chi connectivity index (χ2n) is 5.67. The SMILES string of the molecule is CN1CCCN(CCCCNc2cc(C#N)ccn2)CC1. The molecule has 1 fully saturated rings. The highest BCUT2D eigenvalue weighted by Gasteiger charge is 2.10. The highest BCUT2D eigenvalue weighted by atomic mass is 15.2. The Morgan fingerprint density at radius 2 is 2.19 bits per heavy atom. The Labute approximate surface area is 127 Å². The number of hydrogen-bond acceptors (Lipinski definition) is 5. The van der Waals surface area contributed by atoms with Crippen LogP contribution in [-0.4, -0.2) is 61.1 Å². The van der Waals surface area contributed by atoms with E-state index in [2.05, 4.69) is 33.2 Å². The van der Waals surface area contributed by atoms with Crippen LogP contribution >= 0.6 is 0 Å². The van der Waals surface area contributed by atoms with Crippen LogP contribution in [0, 0.1) is 11.3 Å². The Kier molecular flexibility index (Phi) is 6.45. The van der Waals surface area contributed by atoms with Crippen molar-refractivity contribution >= 4 is 5.82 Å². The molecule has 0 radical (unpaired) electrons. The number of hydrogen-bond donors (Lipinski definition) is 1. The zero-order chi connectivity index (χ0) is 14.9. The van der Waals surface area contributed by atoms with Crippen molar-refractivity contribution in [1.82, 2.24) is 14.8 Å². The van der Waals surface area contributed by atoms with Gasteiger partial charge in [-0.05, 0) is 58.1 Å². The highest BCUT2D eigenvalue weighted by Crippen LogP contribution is 2.07. The quantitative estimate of drug-likeness (QED) is 0.808. The molecule has 1 aliphatic rings. The van der Waals surface area contributed by atoms with Crippen LogP contribution in [0.5, 0.6) is 0 Å². The molecule has 2 rings (SSSR count). The van der Waals surface area contributed by atoms with Gasteiger partial charge in [-0.3, -0.25) is 0 Å². The Balaban J connectivity index is 1.60. The normalized spacial score (nSPS) is 17.1. The molecule has 1 saturated heterocycles. The van der Waals surface area contributed by atoms with Crippen LogP contribution < -0.4 is 5.32 Å². The van der Waals surface area contributed by atoms with Gasteiger partial charge in [0.05, 0.1) is 11.6 Å². The average molecular weight is 287 g/mol. The molecule has 0 atom stereocenters. The number of nitriles is 1. The number of nitrogens with one attached hydrogen (secondary N) is 1. The molecule has 1 aromatic heterocycles. The molecule has 2 heterocycles. The fraction of sp³-hybridized carbons (Fsp3) is 0.625. The third kappa shape index (κ3) is 5.70. The molecule has 114 valence electrons. The Bertz CT molecular complexity index is 468. The number of unbranched alkanes of at least 4 members (excludes halogenated alkanes) is 1. The lowest BCUT2D eigenvalue weighted by molar-refractivity contribution is 0.272. The first-order valence-corrected chi connectivity index (χ1v) is 7.79. The minimum absolute atomic E-state index is 0.654. The van der Waals surface area contributed by atoms with E-state index in [0.29, 0.717) is 5.56 Å². The summed E-state index contributed by atoms with van der Waals surface area (Å²) >= 11 is 0. The zero-order valence-electron chi connectivity index (χ0n) is 12.9. The van der Waals surface area contributed by atoms with Crippen molar-refractivity contribution < 1.29 is 0 Å². The molecule has 0 unspecified atom stereocenters. The van der Waals surface area contributed by atoms with Gasteiger partial charge in [0.15, 0.2) is 0 Å². The van der Waals surface area contributed by atoms with E-state index in [-0.39, 0.29) is 0 Å². The monoisotopic (exact) mass is 287 g/mol. The largest absolute Gasteiger partial charge is 0.370 e. The Hall–Kier alpha value is -1.64. The van der Waals surface area contributed by atoms with Crippen molar-refractivity contribution in [3.8, 4) is 6.07 Å². The first-order chi connectivity index (χ1) is 10.3. The van der Waals surface area contributed by atoms with Crippen molar-refractivity contribution in [2.75, 3.05) is 51.6 Å². The summed E-state index contributed by atoms with van der Waals surface area (Å²) in [4.78, 5) is 9.20. The molecular weight excluding hydrogens is 262 g/mol. The van der Waals surface area contributed by atoms with Gasteiger partial charge in [-0.15, -0.1) is 0 Å². The summed E-state index contributed by atoms with van der Waals surface area (Å²) in [6.07, 6.45) is 5.29. The third-order valence-electron chi connectivity index (χ3n) is 3.91. The summed E-state index contributed by atoms with van der Waals surface area (Å²) < 4.78 is 0. The molecule has 0 aliphatic carbocycles. The van der Waals surface area contributed by atoms with Gasteiger partial charge in [-0.1, -0.05) is 0 Å². The van der Waals surface area contributed by atoms with Gasteiger partial charge >= 0.3 is 0 Å². The van der Waals surface area contributed by atoms with Gasteiger partial charge in [0.2, 0.25) is 0 Å². The molecule has 0 spiro atoms. The Morgan fingerprint density at radius 3 is 3.05 bits per heavy atom. The number of rotatable bonds is 6. The van der Waals surface area contributed by atoms with E-state index in [9.17, 15) is 0 Å². The summed E-state index contributed by atoms with van der Waals surface area (Å²) in [7, 11) is 2.20. The van der Waals surface area contributed by atoms with Gasteiger partial charge in [0.25, 0.3) is 0 Å². The minimum atomic E-state index is 0.654. The minimum Gasteiger partial charge on any atom is -0.370 e. The molecule has 5 heteroatoms. The first kappa shape index (κ1) is 15.7. The zero-order valence-corrected chi connectivity index (χ0v) is 12.9. The van der Waals surface area contributed by atoms with Crippen molar-refractivity contribution in [3.63, 3.8) is 0 Å². The highest BCUT2D eigenvalue weighted by molar-refractivity contribution is 5.42. The molecule has 1 aliphatic heterocycles. The summed E-state index contributed by atoms with van der Waals surface area (Å²) in [5.74, 6) is 0.797. The lowest BCUT2D eigenvalue weighted by Crippen LogP contribution is -2.30. The lowest BCUT2D eigenvalue weighted by Gasteiger charge is -2.19. The van der Waals surface area contributed by atoms with E-state index in [1.54, 1.807) is 18.3 Å². The number of anilines is 1. The molecule has 1 N–H and O–H groups in total. The lowest BCUT2D eigenvalue weighted by atomic mass is 10.2. The van der Waals surface area contributed by atoms with Crippen LogP contribution in [0.25, 0.3) is 0 Å². The number of nitrogens with zero attached hydrogens (tertiary/aromatic N) is 4. The van der Waals surface area contributed by atoms with Gasteiger partial charge < -0.3 is 15.1 Å². The van der Waals surface area contributed by atoms with E-state index in [1.807, 2.05) is 0 Å². The first-order valence-electron chi connectivity index (χ1n) is 7.79. The average Bonchev–Trinajstić information content (AvgIpc) is 2.72. The van der Waals surface area contributed by atoms with Crippen LogP contribution in [0.2, 0.25) is 0 Å². The standard InChI is InChI=1S/C16H25N5/c1-20-8-4-10-21(12-11-20)9-3-2-6-18-16-13-15(14-17)5-7-19-16/h5,7,13H,2-4,6,8-12H2,1H3,(H,18,19). The van der Waals surface area contributed by atoms with Crippen molar-refractivity contribution in [2.45, 2.75) is 19.3 Å². The molecular formula is C16H25N5. The Morgan fingerprint density at radius 1 is 1.29 bits per heavy atom. The van der Waals surface area contributed by atoms with Gasteiger partial charge in [0.1, 0.15) is 5.82 Å². The van der Waals surface area contributed by atoms with Crippen LogP contribution in [0.4, 0.5) is 5.82 Å². The van der Waals surface area contributed by atoms with Crippen LogP contribution in [0.15, 0.2) is 18.3 Å². The van der Waals surface area contributed by atoms with Gasteiger partial charge in [0, 0.05) is 25.8 Å². The maximum absolute atomic E-state index is 8.84. The van der Waals surface area contributed by atoms with Crippen molar-refractivity contribution in [3.05, 3.63) is 23.9 Å². The third-order valence-corrected chi connectivity index (χ3v) is 3.91. The molecule has 0 aromatic carbocycles. The second-order valence-corrected chi connectivity index (χ2v) is 5.67. The van der Waals surface area contributed by atoms with E-state index in [4.69, 9.17) is 5.26 Å². The van der Waals surface area contributed by atoms with Crippen molar-refractivity contribution in [1.29, 1.82) is 5.26 Å². The fourth-order valence-electron chi connectivity index (χ4n) is 2.60. The second kappa shape index (κ2) is 8.60. The maximum atomic E-state index is 8.84. The smallest absolute Gasteiger partial charge is 0.127 e. The van der Waals surface area contributed by atoms with E-state index < -0.39 is 0 Å². The number of likely N-dealkylation sites (N-methyl/N-ethyl adjacent to an activating group) is 1. The predicted molar refractivity (Wildman–Crippen MR) is 85.2 cm³/mol. The molecule has 0 saturated carbocycles. The van der Waals surface area contributed by atoms with Crippen molar-refractivity contribution in [2.24, 2.45) is 0 Å². The van der Waals surface area contributed by atoms with Crippen LogP contribution in [0.3, 0.4) is 0 Å². The van der Waals surface area contributed by atoms with Gasteiger partial charge in [-0.25, -0.2) is 4.98 Å². The molecule has 21 heavy (non-hydrogen) atoms. The summed E-state index contributed by atoms with van der Waals surface area (Å²) in [6.45, 7) is 6.91. The summed E-state index contributed by atoms with van der Waals surface area (Å²) in [6, 6.07) is 5.65. The topological polar surface area (TPSA) is 55.2 Å². The van der Waals surface area contributed by atoms with Crippen LogP contribution in [-0.2, 0) is 0 Å². The van der Waals surface area contributed by atoms with E-state index in [0.717, 1.165) is 18.8 Å². The predicted octanol–water partition coefficient (Wildman–Crippen LogP) is 1.78. The summed E-state index contributed by atoms with van der Waals surface area (Å²) in [5.41, 5.74) is 0.654. The molecule has 0 bridgehead atoms. The number of pyridine rings is 1. The fourth-order valence-corrected chi connectivity index (χ4v) is 2.60. The maximum Gasteiger partial charge on any atom is 0.127 e. The number of aromatic nitrogens is 1. The van der Waals surface area contributed by atoms with E-state index in [1.165, 1.54) is 45.6 Å². The van der Waals surface area contributed by atoms with Crippen LogP contribution in [0.1, 0.15) is 24.8 Å². The molecule has 5 nitrogen and oxygen atoms in total. The summed E-state index contributed by atoms with van der Waals surface area (Å²) in [5, 5.41) is 12.1. The van der Waals surface area contributed by atoms with E-state index >= 15 is 0 Å². The molecule has 1 aromatic rings. The van der Waals surface area contributed by atoms with Gasteiger partial charge in [-0.2, -0.15) is 5.26 Å². The molecule has 0 amide bonds.